The number of nitrogens with two attached hydrogens (primary N) is 1. The molecule has 0 spiro atoms. The zero-order valence-electron chi connectivity index (χ0n) is 23.8. The Morgan fingerprint density at radius 2 is 1.81 bits per heavy atom. The first-order valence-corrected chi connectivity index (χ1v) is 15.3. The SMILES string of the molecule is Nc1nc2c(c(N3CCN(CCCCOC4CC(C(=O)O)C4)CC3)n1)CCc1cc(OCc3ccc(Cl)cc3)ccc1-2. The number of carboxylic acids is 1. The van der Waals surface area contributed by atoms with Crippen LogP contribution in [0, 0.1) is 5.92 Å². The highest BCUT2D eigenvalue weighted by molar-refractivity contribution is 6.30. The van der Waals surface area contributed by atoms with E-state index in [-0.39, 0.29) is 12.0 Å². The molecule has 0 radical (unpaired) electrons. The second kappa shape index (κ2) is 12.9. The highest BCUT2D eigenvalue weighted by atomic mass is 35.5. The molecule has 0 amide bonds. The molecule has 1 aromatic heterocycles. The first-order valence-electron chi connectivity index (χ1n) is 14.9. The van der Waals surface area contributed by atoms with Crippen LogP contribution < -0.4 is 15.4 Å². The van der Waals surface area contributed by atoms with Gasteiger partial charge in [-0.15, -0.1) is 0 Å². The summed E-state index contributed by atoms with van der Waals surface area (Å²) in [6, 6.07) is 13.9. The number of halogens is 1. The van der Waals surface area contributed by atoms with Crippen LogP contribution in [0.2, 0.25) is 5.02 Å². The number of aromatic nitrogens is 2. The maximum Gasteiger partial charge on any atom is 0.306 e. The average molecular weight is 592 g/mol. The van der Waals surface area contributed by atoms with Gasteiger partial charge in [0.05, 0.1) is 17.7 Å². The molecule has 2 fully saturated rings. The molecule has 42 heavy (non-hydrogen) atoms. The van der Waals surface area contributed by atoms with Crippen molar-refractivity contribution in [1.29, 1.82) is 0 Å². The number of nitrogen functional groups attached to an aromatic ring is 1. The summed E-state index contributed by atoms with van der Waals surface area (Å²) in [5.74, 6) is 1.21. The molecular weight excluding hydrogens is 554 g/mol. The number of carbonyl (C=O) groups is 1. The molecule has 2 aromatic carbocycles. The number of carboxylic acid groups (broad SMARTS) is 1. The minimum Gasteiger partial charge on any atom is -0.489 e. The Bertz CT molecular complexity index is 1400. The number of piperazine rings is 1. The van der Waals surface area contributed by atoms with Crippen LogP contribution in [0.25, 0.3) is 11.3 Å². The summed E-state index contributed by atoms with van der Waals surface area (Å²) in [6.45, 7) is 6.01. The fourth-order valence-electron chi connectivity index (χ4n) is 6.08. The van der Waals surface area contributed by atoms with Crippen molar-refractivity contribution in [2.24, 2.45) is 5.92 Å². The fraction of sp³-hybridized carbons (Fsp3) is 0.469. The lowest BCUT2D eigenvalue weighted by Gasteiger charge is -2.37. The number of nitrogens with zero attached hydrogens (tertiary/aromatic N) is 4. The Balaban J connectivity index is 1.01. The van der Waals surface area contributed by atoms with Crippen LogP contribution in [0.5, 0.6) is 5.75 Å². The summed E-state index contributed by atoms with van der Waals surface area (Å²) in [7, 11) is 0. The van der Waals surface area contributed by atoms with Gasteiger partial charge in [0.25, 0.3) is 0 Å². The molecule has 6 rings (SSSR count). The van der Waals surface area contributed by atoms with Gasteiger partial charge in [-0.3, -0.25) is 9.69 Å². The first-order chi connectivity index (χ1) is 20.4. The van der Waals surface area contributed by atoms with Crippen LogP contribution in [0.15, 0.2) is 42.5 Å². The normalized spacial score (nSPS) is 20.0. The topological polar surface area (TPSA) is 114 Å². The molecule has 0 atom stereocenters. The van der Waals surface area contributed by atoms with Crippen molar-refractivity contribution in [3.05, 3.63) is 64.2 Å². The molecule has 222 valence electrons. The number of ether oxygens (including phenoxy) is 2. The molecule has 1 saturated carbocycles. The Morgan fingerprint density at radius 3 is 2.57 bits per heavy atom. The van der Waals surface area contributed by atoms with E-state index in [1.807, 2.05) is 30.3 Å². The zero-order chi connectivity index (χ0) is 29.1. The van der Waals surface area contributed by atoms with Crippen LogP contribution in [0.3, 0.4) is 0 Å². The first kappa shape index (κ1) is 28.7. The Kier molecular flexibility index (Phi) is 8.79. The van der Waals surface area contributed by atoms with Gasteiger partial charge in [-0.05, 0) is 86.5 Å². The Hall–Kier alpha value is -3.40. The van der Waals surface area contributed by atoms with E-state index < -0.39 is 5.97 Å². The van der Waals surface area contributed by atoms with E-state index in [0.29, 0.717) is 32.0 Å². The van der Waals surface area contributed by atoms with Crippen molar-refractivity contribution < 1.29 is 19.4 Å². The monoisotopic (exact) mass is 591 g/mol. The highest BCUT2D eigenvalue weighted by Gasteiger charge is 2.35. The second-order valence-corrected chi connectivity index (χ2v) is 11.9. The number of unbranched alkanes of at least 4 members (excludes halogenated alkanes) is 1. The van der Waals surface area contributed by atoms with Crippen molar-refractivity contribution in [3.8, 4) is 17.0 Å². The van der Waals surface area contributed by atoms with Gasteiger partial charge in [0.1, 0.15) is 18.2 Å². The van der Waals surface area contributed by atoms with Gasteiger partial charge in [-0.2, -0.15) is 4.98 Å². The average Bonchev–Trinajstić information content (AvgIpc) is 2.97. The number of rotatable bonds is 11. The molecule has 3 aliphatic rings. The fourth-order valence-corrected chi connectivity index (χ4v) is 6.21. The van der Waals surface area contributed by atoms with Crippen LogP contribution >= 0.6 is 11.6 Å². The maximum absolute atomic E-state index is 10.9. The highest BCUT2D eigenvalue weighted by Crippen LogP contribution is 2.38. The zero-order valence-corrected chi connectivity index (χ0v) is 24.6. The minimum atomic E-state index is -0.699. The Morgan fingerprint density at radius 1 is 1.02 bits per heavy atom. The predicted octanol–water partition coefficient (Wildman–Crippen LogP) is 4.84. The van der Waals surface area contributed by atoms with Gasteiger partial charge in [-0.25, -0.2) is 4.98 Å². The molecule has 3 N–H and O–H groups in total. The quantitative estimate of drug-likeness (QED) is 0.302. The predicted molar refractivity (Wildman–Crippen MR) is 163 cm³/mol. The van der Waals surface area contributed by atoms with Crippen LogP contribution in [-0.4, -0.2) is 71.4 Å². The number of fused-ring (bicyclic) bond motifs is 3. The largest absolute Gasteiger partial charge is 0.489 e. The van der Waals surface area contributed by atoms with Gasteiger partial charge in [0.2, 0.25) is 5.95 Å². The summed E-state index contributed by atoms with van der Waals surface area (Å²) >= 11 is 6.00. The van der Waals surface area contributed by atoms with E-state index in [9.17, 15) is 4.79 Å². The van der Waals surface area contributed by atoms with Crippen molar-refractivity contribution in [3.63, 3.8) is 0 Å². The number of benzene rings is 2. The van der Waals surface area contributed by atoms with E-state index in [1.54, 1.807) is 0 Å². The molecule has 10 heteroatoms. The summed E-state index contributed by atoms with van der Waals surface area (Å²) in [5, 5.41) is 9.70. The minimum absolute atomic E-state index is 0.128. The standard InChI is InChI=1S/C32H38ClN5O4/c33-24-6-3-21(4-7-24)20-42-25-8-10-27-22(17-25)5-9-28-29(27)35-32(34)36-30(28)38-14-12-37(13-15-38)11-1-2-16-41-26-18-23(19-26)31(39)40/h3-4,6-8,10,17,23,26H,1-2,5,9,11-16,18-20H2,(H,39,40)(H2,34,35,36). The van der Waals surface area contributed by atoms with Gasteiger partial charge in [0, 0.05) is 48.9 Å². The van der Waals surface area contributed by atoms with E-state index in [0.717, 1.165) is 91.8 Å². The van der Waals surface area contributed by atoms with Crippen molar-refractivity contribution in [2.45, 2.75) is 51.2 Å². The van der Waals surface area contributed by atoms with Crippen LogP contribution in [0.1, 0.15) is 42.4 Å². The van der Waals surface area contributed by atoms with Gasteiger partial charge in [-0.1, -0.05) is 23.7 Å². The molecule has 3 aromatic rings. The van der Waals surface area contributed by atoms with E-state index in [2.05, 4.69) is 26.9 Å². The maximum atomic E-state index is 10.9. The lowest BCUT2D eigenvalue weighted by molar-refractivity contribution is -0.151. The number of hydrogen-bond donors (Lipinski definition) is 2. The van der Waals surface area contributed by atoms with Crippen molar-refractivity contribution in [1.82, 2.24) is 14.9 Å². The molecule has 0 bridgehead atoms. The lowest BCUT2D eigenvalue weighted by Crippen LogP contribution is -2.47. The molecular formula is C32H38ClN5O4. The van der Waals surface area contributed by atoms with Crippen LogP contribution in [0.4, 0.5) is 11.8 Å². The Labute approximate surface area is 251 Å². The molecule has 2 aliphatic carbocycles. The third-order valence-corrected chi connectivity index (χ3v) is 8.89. The number of hydrogen-bond acceptors (Lipinski definition) is 8. The van der Waals surface area contributed by atoms with Gasteiger partial charge in [0.15, 0.2) is 0 Å². The van der Waals surface area contributed by atoms with E-state index >= 15 is 0 Å². The summed E-state index contributed by atoms with van der Waals surface area (Å²) in [6.07, 6.45) is 5.28. The van der Waals surface area contributed by atoms with Gasteiger partial charge < -0.3 is 25.2 Å². The number of aryl methyl sites for hydroxylation is 1. The molecule has 1 saturated heterocycles. The summed E-state index contributed by atoms with van der Waals surface area (Å²) < 4.78 is 11.9. The van der Waals surface area contributed by atoms with E-state index in [4.69, 9.17) is 36.9 Å². The molecule has 0 unspecified atom stereocenters. The van der Waals surface area contributed by atoms with Crippen molar-refractivity contribution in [2.75, 3.05) is 50.0 Å². The molecule has 9 nitrogen and oxygen atoms in total. The summed E-state index contributed by atoms with van der Waals surface area (Å²) in [5.41, 5.74) is 11.8. The number of anilines is 2. The molecule has 2 heterocycles. The third-order valence-electron chi connectivity index (χ3n) is 8.64. The molecule has 1 aliphatic heterocycles. The lowest BCUT2D eigenvalue weighted by atomic mass is 9.82. The number of aliphatic carboxylic acids is 1. The third kappa shape index (κ3) is 6.64. The van der Waals surface area contributed by atoms with Crippen LogP contribution in [-0.2, 0) is 29.0 Å². The van der Waals surface area contributed by atoms with Gasteiger partial charge >= 0.3 is 5.97 Å². The second-order valence-electron chi connectivity index (χ2n) is 11.5. The van der Waals surface area contributed by atoms with Crippen molar-refractivity contribution >= 4 is 29.3 Å². The summed E-state index contributed by atoms with van der Waals surface area (Å²) in [4.78, 5) is 25.2. The smallest absolute Gasteiger partial charge is 0.306 e. The van der Waals surface area contributed by atoms with E-state index in [1.165, 1.54) is 11.1 Å².